The zero-order valence-corrected chi connectivity index (χ0v) is 12.7. The van der Waals surface area contributed by atoms with Gasteiger partial charge in [0.25, 0.3) is 5.69 Å². The molecule has 2 rings (SSSR count). The first-order chi connectivity index (χ1) is 9.89. The Morgan fingerprint density at radius 3 is 2.71 bits per heavy atom. The van der Waals surface area contributed by atoms with Gasteiger partial charge in [-0.25, -0.2) is 0 Å². The topological polar surface area (TPSA) is 73.6 Å². The van der Waals surface area contributed by atoms with Crippen molar-refractivity contribution in [1.29, 1.82) is 0 Å². The van der Waals surface area contributed by atoms with Crippen molar-refractivity contribution in [2.24, 2.45) is 5.92 Å². The van der Waals surface area contributed by atoms with Crippen molar-refractivity contribution in [2.75, 3.05) is 25.1 Å². The van der Waals surface area contributed by atoms with Gasteiger partial charge in [-0.2, -0.15) is 0 Å². The second-order valence-corrected chi connectivity index (χ2v) is 5.80. The summed E-state index contributed by atoms with van der Waals surface area (Å²) in [5.41, 5.74) is 1.54. The van der Waals surface area contributed by atoms with E-state index >= 15 is 0 Å². The molecule has 1 heterocycles. The minimum atomic E-state index is -0.527. The number of hydrogen-bond donors (Lipinski definition) is 1. The normalized spacial score (nSPS) is 18.4. The van der Waals surface area contributed by atoms with E-state index in [0.29, 0.717) is 25.4 Å². The smallest absolute Gasteiger partial charge is 0.292 e. The first-order valence-corrected chi connectivity index (χ1v) is 7.16. The van der Waals surface area contributed by atoms with Crippen molar-refractivity contribution in [1.82, 2.24) is 0 Å². The zero-order chi connectivity index (χ0) is 15.5. The number of ether oxygens (including phenoxy) is 2. The third kappa shape index (κ3) is 4.15. The van der Waals surface area contributed by atoms with Crippen LogP contribution in [0.15, 0.2) is 18.2 Å². The molecule has 0 bridgehead atoms. The molecule has 6 heteroatoms. The van der Waals surface area contributed by atoms with Crippen molar-refractivity contribution in [3.63, 3.8) is 0 Å². The lowest BCUT2D eigenvalue weighted by atomic mass is 10.0. The number of nitro groups is 1. The maximum atomic E-state index is 11.1. The van der Waals surface area contributed by atoms with Crippen LogP contribution >= 0.6 is 0 Å². The Bertz CT molecular complexity index is 512. The van der Waals surface area contributed by atoms with Crippen LogP contribution in [-0.4, -0.2) is 30.5 Å². The number of benzene rings is 1. The van der Waals surface area contributed by atoms with Crippen LogP contribution in [0.25, 0.3) is 0 Å². The standard InChI is InChI=1S/C15H22N2O4/c1-11-4-5-13(14(8-11)17(18)19)16-10-12(2)9-15(3)20-6-7-21-15/h4-5,8,12,16H,6-7,9-10H2,1-3H3. The molecule has 1 unspecified atom stereocenters. The van der Waals surface area contributed by atoms with E-state index in [2.05, 4.69) is 12.2 Å². The molecular formula is C15H22N2O4. The summed E-state index contributed by atoms with van der Waals surface area (Å²) >= 11 is 0. The summed E-state index contributed by atoms with van der Waals surface area (Å²) in [6.07, 6.45) is 0.750. The van der Waals surface area contributed by atoms with E-state index in [1.54, 1.807) is 12.1 Å². The van der Waals surface area contributed by atoms with E-state index in [1.807, 2.05) is 19.9 Å². The van der Waals surface area contributed by atoms with Crippen molar-refractivity contribution >= 4 is 11.4 Å². The number of anilines is 1. The second kappa shape index (κ2) is 6.41. The second-order valence-electron chi connectivity index (χ2n) is 5.80. The fourth-order valence-electron chi connectivity index (χ4n) is 2.61. The molecule has 1 aliphatic rings. The van der Waals surface area contributed by atoms with Crippen molar-refractivity contribution in [2.45, 2.75) is 33.0 Å². The number of nitrogens with zero attached hydrogens (tertiary/aromatic N) is 1. The monoisotopic (exact) mass is 294 g/mol. The van der Waals surface area contributed by atoms with Gasteiger partial charge in [0, 0.05) is 19.0 Å². The highest BCUT2D eigenvalue weighted by atomic mass is 16.7. The average molecular weight is 294 g/mol. The molecule has 1 aromatic rings. The number of hydrogen-bond acceptors (Lipinski definition) is 5. The maximum Gasteiger partial charge on any atom is 0.292 e. The number of nitrogens with one attached hydrogen (secondary N) is 1. The summed E-state index contributed by atoms with van der Waals surface area (Å²) < 4.78 is 11.2. The van der Waals surface area contributed by atoms with Gasteiger partial charge < -0.3 is 14.8 Å². The van der Waals surface area contributed by atoms with Crippen molar-refractivity contribution in [3.05, 3.63) is 33.9 Å². The van der Waals surface area contributed by atoms with Gasteiger partial charge in [-0.15, -0.1) is 0 Å². The Morgan fingerprint density at radius 1 is 1.43 bits per heavy atom. The van der Waals surface area contributed by atoms with Gasteiger partial charge in [0.05, 0.1) is 18.1 Å². The molecule has 0 spiro atoms. The number of aryl methyl sites for hydroxylation is 1. The molecule has 0 amide bonds. The highest BCUT2D eigenvalue weighted by Crippen LogP contribution is 2.28. The van der Waals surface area contributed by atoms with Crippen LogP contribution in [0, 0.1) is 23.0 Å². The lowest BCUT2D eigenvalue weighted by molar-refractivity contribution is -0.384. The lowest BCUT2D eigenvalue weighted by Gasteiger charge is -2.26. The van der Waals surface area contributed by atoms with Gasteiger partial charge in [-0.1, -0.05) is 13.0 Å². The molecule has 1 fully saturated rings. The van der Waals surface area contributed by atoms with Gasteiger partial charge in [0.1, 0.15) is 5.69 Å². The summed E-state index contributed by atoms with van der Waals surface area (Å²) in [6, 6.07) is 5.20. The molecule has 1 saturated heterocycles. The highest BCUT2D eigenvalue weighted by Gasteiger charge is 2.32. The molecule has 6 nitrogen and oxygen atoms in total. The van der Waals surface area contributed by atoms with Crippen LogP contribution < -0.4 is 5.32 Å². The van der Waals surface area contributed by atoms with Gasteiger partial charge in [-0.05, 0) is 31.4 Å². The molecule has 0 radical (unpaired) electrons. The largest absolute Gasteiger partial charge is 0.379 e. The van der Waals surface area contributed by atoms with Gasteiger partial charge in [0.15, 0.2) is 5.79 Å². The van der Waals surface area contributed by atoms with Gasteiger partial charge in [0.2, 0.25) is 0 Å². The summed E-state index contributed by atoms with van der Waals surface area (Å²) in [4.78, 5) is 10.7. The SMILES string of the molecule is Cc1ccc(NCC(C)CC2(C)OCCO2)c([N+](=O)[O-])c1. The fraction of sp³-hybridized carbons (Fsp3) is 0.600. The molecule has 1 aromatic carbocycles. The third-order valence-corrected chi connectivity index (χ3v) is 3.61. The van der Waals surface area contributed by atoms with E-state index in [9.17, 15) is 10.1 Å². The quantitative estimate of drug-likeness (QED) is 0.644. The molecular weight excluding hydrogens is 272 g/mol. The third-order valence-electron chi connectivity index (χ3n) is 3.61. The molecule has 1 N–H and O–H groups in total. The number of rotatable bonds is 6. The first kappa shape index (κ1) is 15.7. The Kier molecular flexibility index (Phi) is 4.80. The molecule has 116 valence electrons. The minimum Gasteiger partial charge on any atom is -0.379 e. The zero-order valence-electron chi connectivity index (χ0n) is 12.7. The van der Waals surface area contributed by atoms with E-state index in [1.165, 1.54) is 0 Å². The molecule has 0 aliphatic carbocycles. The first-order valence-electron chi connectivity index (χ1n) is 7.16. The van der Waals surface area contributed by atoms with Crippen LogP contribution in [-0.2, 0) is 9.47 Å². The Hall–Kier alpha value is -1.66. The van der Waals surface area contributed by atoms with Crippen molar-refractivity contribution in [3.8, 4) is 0 Å². The van der Waals surface area contributed by atoms with E-state index < -0.39 is 5.79 Å². The number of nitro benzene ring substituents is 1. The van der Waals surface area contributed by atoms with Crippen LogP contribution in [0.5, 0.6) is 0 Å². The predicted octanol–water partition coefficient (Wildman–Crippen LogP) is 3.10. The summed E-state index contributed by atoms with van der Waals surface area (Å²) in [7, 11) is 0. The Morgan fingerprint density at radius 2 is 2.10 bits per heavy atom. The van der Waals surface area contributed by atoms with Crippen LogP contribution in [0.2, 0.25) is 0 Å². The Labute approximate surface area is 124 Å². The minimum absolute atomic E-state index is 0.113. The molecule has 1 atom stereocenters. The molecule has 0 saturated carbocycles. The van der Waals surface area contributed by atoms with Crippen LogP contribution in [0.3, 0.4) is 0 Å². The van der Waals surface area contributed by atoms with Gasteiger partial charge in [-0.3, -0.25) is 10.1 Å². The molecule has 21 heavy (non-hydrogen) atoms. The summed E-state index contributed by atoms with van der Waals surface area (Å²) in [5.74, 6) is -0.255. The molecule has 1 aliphatic heterocycles. The summed E-state index contributed by atoms with van der Waals surface area (Å²) in [5, 5.41) is 14.2. The van der Waals surface area contributed by atoms with Crippen molar-refractivity contribution < 1.29 is 14.4 Å². The predicted molar refractivity (Wildman–Crippen MR) is 80.4 cm³/mol. The van der Waals surface area contributed by atoms with E-state index in [4.69, 9.17) is 9.47 Å². The lowest BCUT2D eigenvalue weighted by Crippen LogP contribution is -2.30. The van der Waals surface area contributed by atoms with Crippen LogP contribution in [0.1, 0.15) is 25.8 Å². The van der Waals surface area contributed by atoms with E-state index in [0.717, 1.165) is 12.0 Å². The fourth-order valence-corrected chi connectivity index (χ4v) is 2.61. The summed E-state index contributed by atoms with van der Waals surface area (Å²) in [6.45, 7) is 7.73. The van der Waals surface area contributed by atoms with E-state index in [-0.39, 0.29) is 16.5 Å². The highest BCUT2D eigenvalue weighted by molar-refractivity contribution is 5.62. The Balaban J connectivity index is 1.95. The maximum absolute atomic E-state index is 11.1. The average Bonchev–Trinajstić information content (AvgIpc) is 2.83. The van der Waals surface area contributed by atoms with Crippen LogP contribution in [0.4, 0.5) is 11.4 Å². The molecule has 0 aromatic heterocycles. The van der Waals surface area contributed by atoms with Gasteiger partial charge >= 0.3 is 0 Å².